The SMILES string of the molecule is CC(=O)NCCCC(NC(=O)C(CC(C)(C)C)C(C)C)C(=O)C(C)(C)C.CC(C)(C)NC(Cc1ccccc1)C(=O)CC(CCCCN)C(=O)C(C)(C)C.CC(C)(C)NC(Cc1ccccc1)C(=O)CC(CCCCN)C(=O)C(C)(C)C.CC(C)C.CC(C)C.CC(C)C(CC(C)(C)C)C(=O)NC(CCCNC(N)=O)C(=O)C(C)(C)C.CC(CC(=O)C(N)C(C)C)C(=O)C(C)(C)C.CC(CC(=O)C(N)C(C)C)C(=O)C(C)(C)C. The highest BCUT2D eigenvalue weighted by molar-refractivity contribution is 5.97. The molecule has 16 N–H and O–H groups in total. The second-order valence-corrected chi connectivity index (χ2v) is 54.8. The first kappa shape index (κ1) is 151. The molecule has 860 valence electrons. The number of unbranched alkanes of at least 4 members (excludes halogenated alkanes) is 2. The van der Waals surface area contributed by atoms with Crippen LogP contribution in [0.25, 0.3) is 0 Å². The highest BCUT2D eigenvalue weighted by atomic mass is 16.2. The van der Waals surface area contributed by atoms with Crippen molar-refractivity contribution in [3.63, 3.8) is 0 Å². The summed E-state index contributed by atoms with van der Waals surface area (Å²) in [7, 11) is 0. The fourth-order valence-electron chi connectivity index (χ4n) is 16.0. The van der Waals surface area contributed by atoms with Gasteiger partial charge in [0.05, 0.1) is 36.3 Å². The molecule has 25 heteroatoms. The number of carbonyl (C=O) groups excluding carboxylic acids is 14. The van der Waals surface area contributed by atoms with Crippen LogP contribution in [0.1, 0.15) is 439 Å². The van der Waals surface area contributed by atoms with E-state index < -0.39 is 51.9 Å². The average Bonchev–Trinajstić information content (AvgIpc) is 0.844. The third-order valence-electron chi connectivity index (χ3n) is 24.0. The van der Waals surface area contributed by atoms with Crippen molar-refractivity contribution in [1.82, 2.24) is 31.9 Å². The Morgan fingerprint density at radius 2 is 0.561 bits per heavy atom. The second-order valence-electron chi connectivity index (χ2n) is 54.8. The first-order valence-corrected chi connectivity index (χ1v) is 55.6. The van der Waals surface area contributed by atoms with E-state index >= 15 is 0 Å². The summed E-state index contributed by atoms with van der Waals surface area (Å²) in [5.41, 5.74) is 27.0. The van der Waals surface area contributed by atoms with E-state index in [1.807, 2.05) is 241 Å². The predicted octanol–water partition coefficient (Wildman–Crippen LogP) is 23.3. The number of amides is 5. The van der Waals surface area contributed by atoms with Crippen LogP contribution >= 0.6 is 0 Å². The monoisotopic (exact) mass is 2080 g/mol. The molecule has 148 heavy (non-hydrogen) atoms. The van der Waals surface area contributed by atoms with Gasteiger partial charge in [0.15, 0.2) is 23.1 Å². The molecule has 0 aromatic heterocycles. The maximum Gasteiger partial charge on any atom is 0.312 e. The molecule has 0 aliphatic rings. The Labute approximate surface area is 904 Å². The van der Waals surface area contributed by atoms with Crippen LogP contribution < -0.4 is 60.6 Å². The predicted molar refractivity (Wildman–Crippen MR) is 620 cm³/mol. The van der Waals surface area contributed by atoms with Gasteiger partial charge < -0.3 is 60.6 Å². The van der Waals surface area contributed by atoms with Gasteiger partial charge in [-0.25, -0.2) is 4.79 Å². The minimum atomic E-state index is -0.585. The molecule has 0 spiro atoms. The zero-order chi connectivity index (χ0) is 117. The minimum Gasteiger partial charge on any atom is -0.356 e. The van der Waals surface area contributed by atoms with E-state index in [9.17, 15) is 67.1 Å². The molecule has 2 aromatic carbocycles. The summed E-state index contributed by atoms with van der Waals surface area (Å²) >= 11 is 0. The highest BCUT2D eigenvalue weighted by Gasteiger charge is 2.41. The fourth-order valence-corrected chi connectivity index (χ4v) is 16.0. The molecular formula is C123H229N11O14. The van der Waals surface area contributed by atoms with Crippen LogP contribution in [0.15, 0.2) is 60.7 Å². The lowest BCUT2D eigenvalue weighted by molar-refractivity contribution is -0.135. The van der Waals surface area contributed by atoms with E-state index in [1.54, 1.807) is 13.8 Å². The van der Waals surface area contributed by atoms with E-state index in [0.29, 0.717) is 77.5 Å². The summed E-state index contributed by atoms with van der Waals surface area (Å²) in [5.74, 6) is 1.74. The van der Waals surface area contributed by atoms with E-state index in [1.165, 1.54) is 6.92 Å². The molecule has 0 saturated carbocycles. The molecule has 0 bridgehead atoms. The Bertz CT molecular complexity index is 3870. The second kappa shape index (κ2) is 72.3. The Hall–Kier alpha value is -7.42. The van der Waals surface area contributed by atoms with Crippen molar-refractivity contribution in [2.45, 2.75) is 488 Å². The lowest BCUT2D eigenvalue weighted by Gasteiger charge is -2.31. The number of ketones is 10. The van der Waals surface area contributed by atoms with Crippen molar-refractivity contribution >= 4 is 81.6 Å². The number of nitrogens with two attached hydrogens (primary N) is 5. The van der Waals surface area contributed by atoms with E-state index in [2.05, 4.69) is 157 Å². The molecule has 2 rings (SSSR count). The first-order chi connectivity index (χ1) is 66.8. The Balaban J connectivity index is -0.000000407. The average molecular weight is 2090 g/mol. The Morgan fingerprint density at radius 1 is 0.304 bits per heavy atom. The number of Topliss-reactive ketones (excluding diaryl/α,β-unsaturated/α-hetero) is 10. The van der Waals surface area contributed by atoms with Crippen LogP contribution in [-0.2, 0) is 75.2 Å². The number of urea groups is 1. The van der Waals surface area contributed by atoms with Crippen LogP contribution in [-0.4, -0.2) is 155 Å². The van der Waals surface area contributed by atoms with Crippen LogP contribution in [0.3, 0.4) is 0 Å². The highest BCUT2D eigenvalue weighted by Crippen LogP contribution is 2.35. The zero-order valence-corrected chi connectivity index (χ0v) is 103. The van der Waals surface area contributed by atoms with Crippen LogP contribution in [0.4, 0.5) is 4.79 Å². The lowest BCUT2D eigenvalue weighted by Crippen LogP contribution is -2.49. The first-order valence-electron chi connectivity index (χ1n) is 55.6. The van der Waals surface area contributed by atoms with E-state index in [4.69, 9.17) is 28.7 Å². The van der Waals surface area contributed by atoms with Crippen LogP contribution in [0.5, 0.6) is 0 Å². The molecule has 0 aliphatic heterocycles. The fraction of sp³-hybridized carbons (Fsp3) is 0.789. The van der Waals surface area contributed by atoms with Crippen molar-refractivity contribution in [3.05, 3.63) is 71.8 Å². The summed E-state index contributed by atoms with van der Waals surface area (Å²) < 4.78 is 0. The molecule has 0 saturated heterocycles. The number of nitrogens with one attached hydrogen (secondary N) is 6. The molecule has 2 aromatic rings. The normalized spacial score (nSPS) is 14.6. The summed E-state index contributed by atoms with van der Waals surface area (Å²) in [6, 6.07) is 17.0. The van der Waals surface area contributed by atoms with Gasteiger partial charge in [0.2, 0.25) is 17.7 Å². The molecular weight excluding hydrogens is 1860 g/mol. The van der Waals surface area contributed by atoms with E-state index in [0.717, 1.165) is 74.3 Å². The van der Waals surface area contributed by atoms with Crippen LogP contribution in [0, 0.1) is 114 Å². The largest absolute Gasteiger partial charge is 0.356 e. The van der Waals surface area contributed by atoms with Crippen LogP contribution in [0.2, 0.25) is 0 Å². The third kappa shape index (κ3) is 77.0. The van der Waals surface area contributed by atoms with Gasteiger partial charge in [-0.1, -0.05) is 350 Å². The van der Waals surface area contributed by atoms with Gasteiger partial charge in [-0.05, 0) is 189 Å². The number of primary amides is 1. The van der Waals surface area contributed by atoms with Gasteiger partial charge in [-0.2, -0.15) is 0 Å². The van der Waals surface area contributed by atoms with Crippen molar-refractivity contribution < 1.29 is 67.1 Å². The minimum absolute atomic E-state index is 0.00295. The molecule has 12 atom stereocenters. The maximum absolute atomic E-state index is 13.3. The molecule has 0 heterocycles. The van der Waals surface area contributed by atoms with Crippen molar-refractivity contribution in [1.29, 1.82) is 0 Å². The smallest absolute Gasteiger partial charge is 0.312 e. The molecule has 25 nitrogen and oxygen atoms in total. The number of rotatable bonds is 50. The number of hydrogen-bond acceptors (Lipinski definition) is 20. The lowest BCUT2D eigenvalue weighted by atomic mass is 9.78. The number of hydrogen-bond donors (Lipinski definition) is 11. The summed E-state index contributed by atoms with van der Waals surface area (Å²) in [6.07, 6.45) is 11.1. The van der Waals surface area contributed by atoms with E-state index in [-0.39, 0.29) is 192 Å². The number of benzene rings is 2. The maximum atomic E-state index is 13.3. The molecule has 12 unspecified atom stereocenters. The Kier molecular flexibility index (Phi) is 73.8. The van der Waals surface area contributed by atoms with Crippen molar-refractivity contribution in [3.8, 4) is 0 Å². The molecule has 0 fully saturated rings. The summed E-state index contributed by atoms with van der Waals surface area (Å²) in [6.45, 7) is 95.2. The summed E-state index contributed by atoms with van der Waals surface area (Å²) in [4.78, 5) is 173. The zero-order valence-electron chi connectivity index (χ0n) is 103. The molecule has 0 aliphatic carbocycles. The Morgan fingerprint density at radius 3 is 0.770 bits per heavy atom. The summed E-state index contributed by atoms with van der Waals surface area (Å²) in [5, 5.41) is 18.2. The van der Waals surface area contributed by atoms with Gasteiger partial charge in [0.1, 0.15) is 34.7 Å². The molecule has 0 radical (unpaired) electrons. The van der Waals surface area contributed by atoms with Gasteiger partial charge >= 0.3 is 6.03 Å². The van der Waals surface area contributed by atoms with Crippen molar-refractivity contribution in [2.24, 2.45) is 143 Å². The standard InChI is InChI=1S/2C24H40N2O2.C21H40N2O3.C20H39N3O3.2C13H25NO2.2C4H10/c2*1-23(2,3)22(28)19(14-10-11-15-25)17-21(27)20(26-24(4,5)6)16-18-12-8-7-9-13-18;1-14(2)16(13-20(4,5)6)19(26)23-17(18(25)21(7,8)9)11-10-12-22-15(3)24;1-13(2)14(12-19(3,4)5)17(25)23-15(16(24)20(6,7)8)10-9-11-22-18(21)26;2*1-8(2)11(14)10(15)7-9(3)12(16)13(4,5)6;2*1-4(2)3/h2*7-9,12-13,19-20,26H,10-11,14-17,25H2,1-6H3;14,16-17H,10-13H2,1-9H3,(H,22,24)(H,23,26);13-15H,9-12H2,1-8H3,(H,23,25)(H3,21,22,26);2*8-9,11H,7,14H2,1-6H3;2*4H,1-3H3. The van der Waals surface area contributed by atoms with Gasteiger partial charge in [-0.3, -0.25) is 62.3 Å². The van der Waals surface area contributed by atoms with Gasteiger partial charge in [0, 0.05) is 125 Å². The third-order valence-corrected chi connectivity index (χ3v) is 24.0. The number of carbonyl (C=O) groups is 14. The quantitative estimate of drug-likeness (QED) is 0.0274. The van der Waals surface area contributed by atoms with Gasteiger partial charge in [-0.15, -0.1) is 0 Å². The van der Waals surface area contributed by atoms with Gasteiger partial charge in [0.25, 0.3) is 0 Å². The molecule has 5 amide bonds. The van der Waals surface area contributed by atoms with Crippen molar-refractivity contribution in [2.75, 3.05) is 26.2 Å². The topological polar surface area (TPSA) is 441 Å².